The lowest BCUT2D eigenvalue weighted by Crippen LogP contribution is -2.46. The first-order valence-electron chi connectivity index (χ1n) is 4.64. The van der Waals surface area contributed by atoms with Crippen molar-refractivity contribution >= 4 is 8.32 Å². The maximum absolute atomic E-state index is 5.87. The summed E-state index contributed by atoms with van der Waals surface area (Å²) in [7, 11) is -1.61. The average Bonchev–Trinajstić information content (AvgIpc) is 1.84. The maximum Gasteiger partial charge on any atom is 0.194 e. The van der Waals surface area contributed by atoms with Crippen LogP contribution in [0.15, 0.2) is 0 Å². The van der Waals surface area contributed by atoms with E-state index in [2.05, 4.69) is 40.8 Å². The maximum atomic E-state index is 5.87. The Bertz CT molecular complexity index is 140. The van der Waals surface area contributed by atoms with Crippen molar-refractivity contribution in [3.05, 3.63) is 0 Å². The Labute approximate surface area is 77.6 Å². The Morgan fingerprint density at radius 3 is 2.00 bits per heavy atom. The molecule has 0 bridgehead atoms. The van der Waals surface area contributed by atoms with Crippen molar-refractivity contribution in [1.82, 2.24) is 0 Å². The third kappa shape index (κ3) is 3.25. The molecule has 1 atom stereocenters. The first kappa shape index (κ1) is 12.1. The topological polar surface area (TPSA) is 35.2 Å². The van der Waals surface area contributed by atoms with E-state index < -0.39 is 8.32 Å². The van der Waals surface area contributed by atoms with Gasteiger partial charge in [-0.3, -0.25) is 0 Å². The van der Waals surface area contributed by atoms with Crippen LogP contribution in [-0.2, 0) is 4.43 Å². The van der Waals surface area contributed by atoms with Gasteiger partial charge in [0.2, 0.25) is 0 Å². The molecule has 0 saturated carbocycles. The molecule has 0 fully saturated rings. The predicted molar refractivity (Wildman–Crippen MR) is 56.5 cm³/mol. The minimum atomic E-state index is -1.61. The molecule has 0 aliphatic heterocycles. The molecule has 3 heteroatoms. The van der Waals surface area contributed by atoms with Gasteiger partial charge in [-0.05, 0) is 24.6 Å². The number of rotatable bonds is 3. The monoisotopic (exact) mass is 189 g/mol. The molecule has 0 spiro atoms. The van der Waals surface area contributed by atoms with Crippen LogP contribution in [-0.4, -0.2) is 14.5 Å². The van der Waals surface area contributed by atoms with E-state index in [1.54, 1.807) is 0 Å². The zero-order chi connectivity index (χ0) is 9.99. The van der Waals surface area contributed by atoms with Crippen molar-refractivity contribution in [3.63, 3.8) is 0 Å². The van der Waals surface area contributed by atoms with Crippen LogP contribution in [0.2, 0.25) is 18.1 Å². The second kappa shape index (κ2) is 3.90. The van der Waals surface area contributed by atoms with Gasteiger partial charge < -0.3 is 10.2 Å². The summed E-state index contributed by atoms with van der Waals surface area (Å²) in [4.78, 5) is 0. The van der Waals surface area contributed by atoms with E-state index in [4.69, 9.17) is 10.2 Å². The number of hydrogen-bond donors (Lipinski definition) is 1. The summed E-state index contributed by atoms with van der Waals surface area (Å²) in [6.07, 6.45) is 0.817. The average molecular weight is 189 g/mol. The van der Waals surface area contributed by atoms with Crippen LogP contribution >= 0.6 is 0 Å². The molecular formula is C9H23NOSi. The third-order valence-corrected chi connectivity index (χ3v) is 7.16. The van der Waals surface area contributed by atoms with Gasteiger partial charge in [0.05, 0.1) is 6.23 Å². The fourth-order valence-corrected chi connectivity index (χ4v) is 1.92. The minimum absolute atomic E-state index is 0.0779. The van der Waals surface area contributed by atoms with Crippen molar-refractivity contribution in [2.24, 2.45) is 5.73 Å². The first-order chi connectivity index (χ1) is 5.20. The Morgan fingerprint density at radius 1 is 1.33 bits per heavy atom. The van der Waals surface area contributed by atoms with Gasteiger partial charge in [0.25, 0.3) is 0 Å². The molecule has 2 nitrogen and oxygen atoms in total. The van der Waals surface area contributed by atoms with E-state index in [0.717, 1.165) is 6.42 Å². The van der Waals surface area contributed by atoms with Crippen LogP contribution < -0.4 is 5.73 Å². The van der Waals surface area contributed by atoms with Crippen LogP contribution in [0.4, 0.5) is 0 Å². The van der Waals surface area contributed by atoms with Gasteiger partial charge in [-0.1, -0.05) is 27.7 Å². The van der Waals surface area contributed by atoms with Gasteiger partial charge in [0.15, 0.2) is 8.32 Å². The van der Waals surface area contributed by atoms with E-state index in [0.29, 0.717) is 0 Å². The third-order valence-electron chi connectivity index (χ3n) is 2.65. The van der Waals surface area contributed by atoms with Crippen molar-refractivity contribution < 1.29 is 4.43 Å². The summed E-state index contributed by atoms with van der Waals surface area (Å²) in [5.41, 5.74) is 5.77. The molecule has 0 amide bonds. The quantitative estimate of drug-likeness (QED) is 0.547. The van der Waals surface area contributed by atoms with Gasteiger partial charge in [0.1, 0.15) is 0 Å². The van der Waals surface area contributed by atoms with Crippen LogP contribution in [0.5, 0.6) is 0 Å². The molecule has 0 aliphatic carbocycles. The Kier molecular flexibility index (Phi) is 3.94. The SMILES string of the molecule is CCC(N)O[Si](C)(C)C(C)(C)C. The summed E-state index contributed by atoms with van der Waals surface area (Å²) in [6, 6.07) is 0. The zero-order valence-electron chi connectivity index (χ0n) is 9.27. The van der Waals surface area contributed by atoms with Crippen LogP contribution in [0, 0.1) is 0 Å². The molecule has 0 aliphatic rings. The molecule has 12 heavy (non-hydrogen) atoms. The van der Waals surface area contributed by atoms with Gasteiger partial charge in [0, 0.05) is 0 Å². The summed E-state index contributed by atoms with van der Waals surface area (Å²) in [6.45, 7) is 13.2. The molecule has 74 valence electrons. The summed E-state index contributed by atoms with van der Waals surface area (Å²) in [5, 5.41) is 0.264. The van der Waals surface area contributed by atoms with Crippen molar-refractivity contribution in [2.75, 3.05) is 0 Å². The highest BCUT2D eigenvalue weighted by molar-refractivity contribution is 6.74. The van der Waals surface area contributed by atoms with E-state index in [1.807, 2.05) is 0 Å². The molecule has 2 N–H and O–H groups in total. The number of hydrogen-bond acceptors (Lipinski definition) is 2. The van der Waals surface area contributed by atoms with Gasteiger partial charge in [-0.15, -0.1) is 0 Å². The highest BCUT2D eigenvalue weighted by Gasteiger charge is 2.38. The van der Waals surface area contributed by atoms with Crippen LogP contribution in [0.3, 0.4) is 0 Å². The predicted octanol–water partition coefficient (Wildman–Crippen LogP) is 2.70. The summed E-state index contributed by atoms with van der Waals surface area (Å²) in [5.74, 6) is 0. The standard InChI is InChI=1S/C9H23NOSi/c1-7-8(10)11-12(5,6)9(2,3)4/h8H,7,10H2,1-6H3. The molecule has 0 heterocycles. The molecule has 1 unspecified atom stereocenters. The molecule has 0 rings (SSSR count). The van der Waals surface area contributed by atoms with Crippen molar-refractivity contribution in [3.8, 4) is 0 Å². The largest absolute Gasteiger partial charge is 0.402 e. The van der Waals surface area contributed by atoms with E-state index in [9.17, 15) is 0 Å². The smallest absolute Gasteiger partial charge is 0.194 e. The Morgan fingerprint density at radius 2 is 1.75 bits per heavy atom. The normalized spacial score (nSPS) is 16.2. The summed E-state index contributed by atoms with van der Waals surface area (Å²) >= 11 is 0. The van der Waals surface area contributed by atoms with Crippen LogP contribution in [0.1, 0.15) is 34.1 Å². The number of nitrogens with two attached hydrogens (primary N) is 1. The fraction of sp³-hybridized carbons (Fsp3) is 1.00. The Balaban J connectivity index is 4.22. The van der Waals surface area contributed by atoms with E-state index >= 15 is 0 Å². The Hall–Kier alpha value is 0.137. The van der Waals surface area contributed by atoms with E-state index in [1.165, 1.54) is 0 Å². The molecule has 0 saturated heterocycles. The van der Waals surface area contributed by atoms with Gasteiger partial charge >= 0.3 is 0 Å². The molecule has 0 aromatic carbocycles. The molecule has 0 radical (unpaired) electrons. The van der Waals surface area contributed by atoms with Crippen LogP contribution in [0.25, 0.3) is 0 Å². The molecular weight excluding hydrogens is 166 g/mol. The first-order valence-corrected chi connectivity index (χ1v) is 7.55. The molecule has 0 aromatic heterocycles. The van der Waals surface area contributed by atoms with Crippen molar-refractivity contribution in [1.29, 1.82) is 0 Å². The second-order valence-corrected chi connectivity index (χ2v) is 9.58. The lowest BCUT2D eigenvalue weighted by molar-refractivity contribution is 0.183. The van der Waals surface area contributed by atoms with Crippen molar-refractivity contribution in [2.45, 2.75) is 58.5 Å². The zero-order valence-corrected chi connectivity index (χ0v) is 10.3. The summed E-state index contributed by atoms with van der Waals surface area (Å²) < 4.78 is 5.87. The fourth-order valence-electron chi connectivity index (χ4n) is 0.639. The lowest BCUT2D eigenvalue weighted by Gasteiger charge is -2.38. The van der Waals surface area contributed by atoms with Gasteiger partial charge in [-0.2, -0.15) is 0 Å². The highest BCUT2D eigenvalue weighted by atomic mass is 28.4. The lowest BCUT2D eigenvalue weighted by atomic mass is 10.2. The molecule has 0 aromatic rings. The highest BCUT2D eigenvalue weighted by Crippen LogP contribution is 2.36. The second-order valence-electron chi connectivity index (χ2n) is 4.82. The minimum Gasteiger partial charge on any atom is -0.402 e. The van der Waals surface area contributed by atoms with E-state index in [-0.39, 0.29) is 11.3 Å². The van der Waals surface area contributed by atoms with Gasteiger partial charge in [-0.25, -0.2) is 0 Å².